The highest BCUT2D eigenvalue weighted by Crippen LogP contribution is 2.46. The van der Waals surface area contributed by atoms with Gasteiger partial charge in [0, 0.05) is 19.1 Å². The molecule has 2 atom stereocenters. The van der Waals surface area contributed by atoms with Gasteiger partial charge in [0.1, 0.15) is 0 Å². The Balaban J connectivity index is 2.23. The van der Waals surface area contributed by atoms with Crippen molar-refractivity contribution in [2.75, 3.05) is 13.2 Å². The molecule has 0 radical (unpaired) electrons. The largest absolute Gasteiger partial charge is 0.396 e. The van der Waals surface area contributed by atoms with Crippen molar-refractivity contribution >= 4 is 5.91 Å². The minimum atomic E-state index is -0.667. The molecule has 120 valence electrons. The minimum absolute atomic E-state index is 0.0510. The molecule has 0 aliphatic heterocycles. The Morgan fingerprint density at radius 3 is 2.57 bits per heavy atom. The van der Waals surface area contributed by atoms with Crippen molar-refractivity contribution in [3.63, 3.8) is 0 Å². The first-order chi connectivity index (χ1) is 11.2. The van der Waals surface area contributed by atoms with Crippen molar-refractivity contribution in [2.24, 2.45) is 0 Å². The van der Waals surface area contributed by atoms with Gasteiger partial charge in [-0.05, 0) is 36.5 Å². The number of aliphatic hydroxyl groups excluding tert-OH is 1. The van der Waals surface area contributed by atoms with Crippen molar-refractivity contribution < 1.29 is 9.90 Å². The average Bonchev–Trinajstić information content (AvgIpc) is 2.61. The maximum Gasteiger partial charge on any atom is 0.235 e. The lowest BCUT2D eigenvalue weighted by molar-refractivity contribution is -0.125. The molecule has 3 heteroatoms. The molecule has 0 aromatic heterocycles. The lowest BCUT2D eigenvalue weighted by Crippen LogP contribution is -2.48. The number of benzene rings is 2. The zero-order chi connectivity index (χ0) is 16.3. The van der Waals surface area contributed by atoms with Crippen molar-refractivity contribution in [3.05, 3.63) is 71.3 Å². The Kier molecular flexibility index (Phi) is 4.49. The van der Waals surface area contributed by atoms with Gasteiger partial charge in [0.2, 0.25) is 5.91 Å². The Labute approximate surface area is 137 Å². The van der Waals surface area contributed by atoms with Gasteiger partial charge in [-0.25, -0.2) is 0 Å². The molecule has 1 unspecified atom stereocenters. The molecule has 0 spiro atoms. The summed E-state index contributed by atoms with van der Waals surface area (Å²) in [5, 5.41) is 12.7. The number of amides is 1. The van der Waals surface area contributed by atoms with Gasteiger partial charge in [-0.3, -0.25) is 4.79 Å². The normalized spacial score (nSPS) is 23.1. The summed E-state index contributed by atoms with van der Waals surface area (Å²) in [6.07, 6.45) is 1.52. The van der Waals surface area contributed by atoms with Crippen LogP contribution < -0.4 is 5.32 Å². The predicted molar refractivity (Wildman–Crippen MR) is 91.4 cm³/mol. The third-order valence-electron chi connectivity index (χ3n) is 4.94. The highest BCUT2D eigenvalue weighted by molar-refractivity contribution is 5.93. The maximum absolute atomic E-state index is 13.1. The Bertz CT molecular complexity index is 683. The summed E-state index contributed by atoms with van der Waals surface area (Å²) in [6, 6.07) is 18.1. The van der Waals surface area contributed by atoms with E-state index in [9.17, 15) is 9.90 Å². The molecule has 3 nitrogen and oxygen atoms in total. The quantitative estimate of drug-likeness (QED) is 0.912. The molecule has 0 saturated carbocycles. The number of likely N-dealkylation sites (N-methyl/N-ethyl adjacent to an activating group) is 1. The SMILES string of the molecule is CCNC(=O)C1(c2ccccc2)CC[C@@H](CO)c2ccccc21. The molecule has 23 heavy (non-hydrogen) atoms. The van der Waals surface area contributed by atoms with Crippen LogP contribution in [-0.2, 0) is 10.2 Å². The molecule has 0 bridgehead atoms. The molecule has 0 heterocycles. The van der Waals surface area contributed by atoms with E-state index in [2.05, 4.69) is 5.32 Å². The van der Waals surface area contributed by atoms with E-state index in [-0.39, 0.29) is 18.4 Å². The van der Waals surface area contributed by atoms with Crippen molar-refractivity contribution in [2.45, 2.75) is 31.1 Å². The van der Waals surface area contributed by atoms with E-state index < -0.39 is 5.41 Å². The Morgan fingerprint density at radius 1 is 1.17 bits per heavy atom. The third-order valence-corrected chi connectivity index (χ3v) is 4.94. The Hall–Kier alpha value is -2.13. The predicted octanol–water partition coefficient (Wildman–Crippen LogP) is 2.98. The maximum atomic E-state index is 13.1. The molecule has 3 rings (SSSR count). The van der Waals surface area contributed by atoms with Crippen LogP contribution in [0.25, 0.3) is 0 Å². The first-order valence-corrected chi connectivity index (χ1v) is 8.28. The summed E-state index contributed by atoms with van der Waals surface area (Å²) in [5.41, 5.74) is 2.48. The first kappa shape index (κ1) is 15.8. The van der Waals surface area contributed by atoms with Crippen LogP contribution in [0.3, 0.4) is 0 Å². The standard InChI is InChI=1S/C20H23NO2/c1-2-21-19(23)20(16-8-4-3-5-9-16)13-12-15(14-22)17-10-6-7-11-18(17)20/h3-11,15,22H,2,12-14H2,1H3,(H,21,23)/t15-,20?/m0/s1. The minimum Gasteiger partial charge on any atom is -0.396 e. The second-order valence-corrected chi connectivity index (χ2v) is 6.14. The van der Waals surface area contributed by atoms with Gasteiger partial charge >= 0.3 is 0 Å². The van der Waals surface area contributed by atoms with E-state index in [4.69, 9.17) is 0 Å². The lowest BCUT2D eigenvalue weighted by Gasteiger charge is -2.41. The highest BCUT2D eigenvalue weighted by Gasteiger charge is 2.46. The van der Waals surface area contributed by atoms with E-state index in [1.807, 2.05) is 61.5 Å². The second-order valence-electron chi connectivity index (χ2n) is 6.14. The summed E-state index contributed by atoms with van der Waals surface area (Å²) in [7, 11) is 0. The smallest absolute Gasteiger partial charge is 0.235 e. The van der Waals surface area contributed by atoms with Crippen LogP contribution in [0.15, 0.2) is 54.6 Å². The highest BCUT2D eigenvalue weighted by atomic mass is 16.3. The third kappa shape index (κ3) is 2.55. The fourth-order valence-corrected chi connectivity index (χ4v) is 3.81. The van der Waals surface area contributed by atoms with Crippen LogP contribution >= 0.6 is 0 Å². The first-order valence-electron chi connectivity index (χ1n) is 8.28. The number of carbonyl (C=O) groups excluding carboxylic acids is 1. The summed E-state index contributed by atoms with van der Waals surface area (Å²) < 4.78 is 0. The fourth-order valence-electron chi connectivity index (χ4n) is 3.81. The van der Waals surface area contributed by atoms with Gasteiger partial charge in [0.15, 0.2) is 0 Å². The summed E-state index contributed by atoms with van der Waals surface area (Å²) in [4.78, 5) is 13.1. The van der Waals surface area contributed by atoms with E-state index in [1.54, 1.807) is 0 Å². The van der Waals surface area contributed by atoms with Gasteiger partial charge in [-0.1, -0.05) is 54.6 Å². The molecule has 1 aliphatic rings. The van der Waals surface area contributed by atoms with Crippen LogP contribution in [-0.4, -0.2) is 24.2 Å². The van der Waals surface area contributed by atoms with Gasteiger partial charge in [-0.2, -0.15) is 0 Å². The van der Waals surface area contributed by atoms with Gasteiger partial charge in [0.05, 0.1) is 5.41 Å². The molecule has 0 saturated heterocycles. The zero-order valence-electron chi connectivity index (χ0n) is 13.5. The van der Waals surface area contributed by atoms with Gasteiger partial charge in [-0.15, -0.1) is 0 Å². The molecule has 0 fully saturated rings. The van der Waals surface area contributed by atoms with Crippen LogP contribution in [0.1, 0.15) is 42.4 Å². The topological polar surface area (TPSA) is 49.3 Å². The number of fused-ring (bicyclic) bond motifs is 1. The van der Waals surface area contributed by atoms with E-state index in [0.29, 0.717) is 13.0 Å². The average molecular weight is 309 g/mol. The van der Waals surface area contributed by atoms with Crippen LogP contribution in [0, 0.1) is 0 Å². The zero-order valence-corrected chi connectivity index (χ0v) is 13.5. The van der Waals surface area contributed by atoms with Gasteiger partial charge in [0.25, 0.3) is 0 Å². The molecular weight excluding hydrogens is 286 g/mol. The molecule has 2 aromatic carbocycles. The number of nitrogens with one attached hydrogen (secondary N) is 1. The van der Waals surface area contributed by atoms with Crippen molar-refractivity contribution in [3.8, 4) is 0 Å². The molecular formula is C20H23NO2. The number of carbonyl (C=O) groups is 1. The van der Waals surface area contributed by atoms with E-state index in [1.165, 1.54) is 0 Å². The Morgan fingerprint density at radius 2 is 1.87 bits per heavy atom. The van der Waals surface area contributed by atoms with Crippen LogP contribution in [0.4, 0.5) is 0 Å². The number of rotatable bonds is 4. The summed E-state index contributed by atoms with van der Waals surface area (Å²) >= 11 is 0. The molecule has 1 aliphatic carbocycles. The number of hydrogen-bond acceptors (Lipinski definition) is 2. The van der Waals surface area contributed by atoms with E-state index in [0.717, 1.165) is 23.1 Å². The molecule has 2 N–H and O–H groups in total. The van der Waals surface area contributed by atoms with Gasteiger partial charge < -0.3 is 10.4 Å². The molecule has 2 aromatic rings. The summed E-state index contributed by atoms with van der Waals surface area (Å²) in [6.45, 7) is 2.68. The fraction of sp³-hybridized carbons (Fsp3) is 0.350. The van der Waals surface area contributed by atoms with Crippen LogP contribution in [0.5, 0.6) is 0 Å². The van der Waals surface area contributed by atoms with E-state index >= 15 is 0 Å². The van der Waals surface area contributed by atoms with Crippen molar-refractivity contribution in [1.29, 1.82) is 0 Å². The summed E-state index contributed by atoms with van der Waals surface area (Å²) in [5.74, 6) is 0.160. The number of hydrogen-bond donors (Lipinski definition) is 2. The molecule has 1 amide bonds. The van der Waals surface area contributed by atoms with Crippen molar-refractivity contribution in [1.82, 2.24) is 5.32 Å². The monoisotopic (exact) mass is 309 g/mol. The lowest BCUT2D eigenvalue weighted by atomic mass is 9.63. The van der Waals surface area contributed by atoms with Crippen LogP contribution in [0.2, 0.25) is 0 Å². The number of aliphatic hydroxyl groups is 1. The second kappa shape index (κ2) is 6.55.